The lowest BCUT2D eigenvalue weighted by Crippen LogP contribution is -2.32. The molecule has 1 fully saturated rings. The SMILES string of the molecule is O=C(N/C=C/C1CCCC1)NCCCCc1ccccc1. The highest BCUT2D eigenvalue weighted by Crippen LogP contribution is 2.25. The van der Waals surface area contributed by atoms with E-state index in [-0.39, 0.29) is 6.03 Å². The van der Waals surface area contributed by atoms with Gasteiger partial charge in [-0.15, -0.1) is 0 Å². The van der Waals surface area contributed by atoms with Crippen LogP contribution < -0.4 is 10.6 Å². The summed E-state index contributed by atoms with van der Waals surface area (Å²) in [6.45, 7) is 0.732. The number of hydrogen-bond acceptors (Lipinski definition) is 1. The summed E-state index contributed by atoms with van der Waals surface area (Å²) in [5.41, 5.74) is 1.36. The Bertz CT molecular complexity index is 436. The molecular formula is C18H26N2O. The van der Waals surface area contributed by atoms with Crippen LogP contribution in [0.2, 0.25) is 0 Å². The Balaban J connectivity index is 1.49. The second-order valence-electron chi connectivity index (χ2n) is 5.75. The Kier molecular flexibility index (Phi) is 6.85. The number of allylic oxidation sites excluding steroid dienone is 1. The number of urea groups is 1. The van der Waals surface area contributed by atoms with Gasteiger partial charge in [0.15, 0.2) is 0 Å². The smallest absolute Gasteiger partial charge is 0.318 e. The average molecular weight is 286 g/mol. The van der Waals surface area contributed by atoms with Crippen molar-refractivity contribution in [2.75, 3.05) is 6.54 Å². The Labute approximate surface area is 127 Å². The van der Waals surface area contributed by atoms with Gasteiger partial charge in [0.1, 0.15) is 0 Å². The summed E-state index contributed by atoms with van der Waals surface area (Å²) in [4.78, 5) is 11.6. The van der Waals surface area contributed by atoms with E-state index in [1.165, 1.54) is 31.2 Å². The van der Waals surface area contributed by atoms with Crippen LogP contribution in [-0.4, -0.2) is 12.6 Å². The first-order valence-corrected chi connectivity index (χ1v) is 8.09. The highest BCUT2D eigenvalue weighted by molar-refractivity contribution is 5.74. The fraction of sp³-hybridized carbons (Fsp3) is 0.500. The summed E-state index contributed by atoms with van der Waals surface area (Å²) in [7, 11) is 0. The zero-order chi connectivity index (χ0) is 14.8. The summed E-state index contributed by atoms with van der Waals surface area (Å²) in [5.74, 6) is 0.663. The summed E-state index contributed by atoms with van der Waals surface area (Å²) < 4.78 is 0. The molecule has 1 aliphatic rings. The van der Waals surface area contributed by atoms with Crippen molar-refractivity contribution in [3.63, 3.8) is 0 Å². The molecule has 0 aliphatic heterocycles. The number of amides is 2. The molecule has 2 N–H and O–H groups in total. The van der Waals surface area contributed by atoms with Crippen LogP contribution in [-0.2, 0) is 6.42 Å². The molecule has 0 unspecified atom stereocenters. The van der Waals surface area contributed by atoms with Crippen LogP contribution in [0.1, 0.15) is 44.1 Å². The Morgan fingerprint density at radius 1 is 1.14 bits per heavy atom. The van der Waals surface area contributed by atoms with Crippen LogP contribution in [0.15, 0.2) is 42.6 Å². The van der Waals surface area contributed by atoms with Gasteiger partial charge in [-0.05, 0) is 43.6 Å². The van der Waals surface area contributed by atoms with Gasteiger partial charge in [0.05, 0.1) is 0 Å². The summed E-state index contributed by atoms with van der Waals surface area (Å²) in [6, 6.07) is 10.4. The molecule has 1 saturated carbocycles. The topological polar surface area (TPSA) is 41.1 Å². The molecule has 2 amide bonds. The fourth-order valence-electron chi connectivity index (χ4n) is 2.76. The van der Waals surface area contributed by atoms with E-state index in [1.54, 1.807) is 6.20 Å². The molecule has 1 aliphatic carbocycles. The van der Waals surface area contributed by atoms with E-state index < -0.39 is 0 Å². The van der Waals surface area contributed by atoms with Crippen molar-refractivity contribution >= 4 is 6.03 Å². The van der Waals surface area contributed by atoms with E-state index >= 15 is 0 Å². The summed E-state index contributed by atoms with van der Waals surface area (Å²) in [6.07, 6.45) is 12.3. The van der Waals surface area contributed by atoms with E-state index in [9.17, 15) is 4.79 Å². The zero-order valence-electron chi connectivity index (χ0n) is 12.7. The molecule has 0 atom stereocenters. The molecule has 1 aromatic carbocycles. The molecule has 0 heterocycles. The number of carbonyl (C=O) groups is 1. The largest absolute Gasteiger partial charge is 0.338 e. The maximum absolute atomic E-state index is 11.6. The Morgan fingerprint density at radius 2 is 1.90 bits per heavy atom. The second kappa shape index (κ2) is 9.22. The van der Waals surface area contributed by atoms with Crippen molar-refractivity contribution in [1.29, 1.82) is 0 Å². The minimum absolute atomic E-state index is 0.0936. The standard InChI is InChI=1S/C18H26N2O/c21-18(20-15-13-17-10-4-5-11-17)19-14-7-6-12-16-8-2-1-3-9-16/h1-3,8-9,13,15,17H,4-7,10-12,14H2,(H2,19,20,21)/b15-13+. The lowest BCUT2D eigenvalue weighted by atomic mass is 10.1. The van der Waals surface area contributed by atoms with E-state index in [0.717, 1.165) is 25.8 Å². The quantitative estimate of drug-likeness (QED) is 0.730. The minimum Gasteiger partial charge on any atom is -0.338 e. The summed E-state index contributed by atoms with van der Waals surface area (Å²) in [5, 5.41) is 5.68. The zero-order valence-corrected chi connectivity index (χ0v) is 12.7. The van der Waals surface area contributed by atoms with Crippen LogP contribution in [0, 0.1) is 5.92 Å². The van der Waals surface area contributed by atoms with Crippen molar-refractivity contribution in [1.82, 2.24) is 10.6 Å². The molecule has 2 rings (SSSR count). The van der Waals surface area contributed by atoms with Crippen LogP contribution >= 0.6 is 0 Å². The van der Waals surface area contributed by atoms with Crippen LogP contribution in [0.3, 0.4) is 0 Å². The van der Waals surface area contributed by atoms with Gasteiger partial charge in [0.2, 0.25) is 0 Å². The van der Waals surface area contributed by atoms with Crippen molar-refractivity contribution in [2.24, 2.45) is 5.92 Å². The van der Waals surface area contributed by atoms with Gasteiger partial charge in [0, 0.05) is 12.7 Å². The fourth-order valence-corrected chi connectivity index (χ4v) is 2.76. The van der Waals surface area contributed by atoms with Crippen LogP contribution in [0.5, 0.6) is 0 Å². The molecule has 3 heteroatoms. The molecule has 0 spiro atoms. The van der Waals surface area contributed by atoms with E-state index in [2.05, 4.69) is 41.0 Å². The maximum Gasteiger partial charge on any atom is 0.318 e. The number of nitrogens with one attached hydrogen (secondary N) is 2. The average Bonchev–Trinajstić information content (AvgIpc) is 3.01. The highest BCUT2D eigenvalue weighted by Gasteiger charge is 2.10. The van der Waals surface area contributed by atoms with Gasteiger partial charge in [-0.25, -0.2) is 4.79 Å². The second-order valence-corrected chi connectivity index (χ2v) is 5.75. The van der Waals surface area contributed by atoms with Gasteiger partial charge in [0.25, 0.3) is 0 Å². The molecular weight excluding hydrogens is 260 g/mol. The van der Waals surface area contributed by atoms with Crippen LogP contribution in [0.25, 0.3) is 0 Å². The van der Waals surface area contributed by atoms with E-state index in [4.69, 9.17) is 0 Å². The third-order valence-electron chi connectivity index (χ3n) is 4.00. The molecule has 0 bridgehead atoms. The summed E-state index contributed by atoms with van der Waals surface area (Å²) >= 11 is 0. The first kappa shape index (κ1) is 15.6. The number of hydrogen-bond donors (Lipinski definition) is 2. The van der Waals surface area contributed by atoms with Crippen molar-refractivity contribution in [2.45, 2.75) is 44.9 Å². The molecule has 0 radical (unpaired) electrons. The van der Waals surface area contributed by atoms with Gasteiger partial charge >= 0.3 is 6.03 Å². The van der Waals surface area contributed by atoms with Gasteiger partial charge in [-0.3, -0.25) is 0 Å². The number of unbranched alkanes of at least 4 members (excludes halogenated alkanes) is 1. The predicted molar refractivity (Wildman–Crippen MR) is 87.0 cm³/mol. The van der Waals surface area contributed by atoms with Gasteiger partial charge in [-0.1, -0.05) is 49.2 Å². The molecule has 1 aromatic rings. The third kappa shape index (κ3) is 6.48. The molecule has 3 nitrogen and oxygen atoms in total. The highest BCUT2D eigenvalue weighted by atomic mass is 16.2. The first-order valence-electron chi connectivity index (χ1n) is 8.09. The number of aryl methyl sites for hydroxylation is 1. The Morgan fingerprint density at radius 3 is 2.67 bits per heavy atom. The van der Waals surface area contributed by atoms with E-state index in [0.29, 0.717) is 5.92 Å². The first-order chi connectivity index (χ1) is 10.3. The van der Waals surface area contributed by atoms with Crippen LogP contribution in [0.4, 0.5) is 4.79 Å². The van der Waals surface area contributed by atoms with Crippen molar-refractivity contribution in [3.05, 3.63) is 48.2 Å². The lowest BCUT2D eigenvalue weighted by Gasteiger charge is -2.05. The number of benzene rings is 1. The molecule has 114 valence electrons. The maximum atomic E-state index is 11.6. The minimum atomic E-state index is -0.0936. The predicted octanol–water partition coefficient (Wildman–Crippen LogP) is 4.01. The lowest BCUT2D eigenvalue weighted by molar-refractivity contribution is 0.244. The number of carbonyl (C=O) groups excluding carboxylic acids is 1. The molecule has 21 heavy (non-hydrogen) atoms. The van der Waals surface area contributed by atoms with E-state index in [1.807, 2.05) is 6.07 Å². The molecule has 0 saturated heterocycles. The van der Waals surface area contributed by atoms with Gasteiger partial charge in [-0.2, -0.15) is 0 Å². The Hall–Kier alpha value is -1.77. The number of rotatable bonds is 7. The molecule has 0 aromatic heterocycles. The monoisotopic (exact) mass is 286 g/mol. The van der Waals surface area contributed by atoms with Gasteiger partial charge < -0.3 is 10.6 Å². The van der Waals surface area contributed by atoms with Crippen molar-refractivity contribution < 1.29 is 4.79 Å². The normalized spacial score (nSPS) is 15.4. The third-order valence-corrected chi connectivity index (χ3v) is 4.00. The van der Waals surface area contributed by atoms with Crippen molar-refractivity contribution in [3.8, 4) is 0 Å².